The van der Waals surface area contributed by atoms with Crippen molar-refractivity contribution in [3.63, 3.8) is 0 Å². The Labute approximate surface area is 81.5 Å². The van der Waals surface area contributed by atoms with E-state index in [0.29, 0.717) is 0 Å². The lowest BCUT2D eigenvalue weighted by Gasteiger charge is -2.25. The second-order valence-electron chi connectivity index (χ2n) is 4.03. The summed E-state index contributed by atoms with van der Waals surface area (Å²) in [7, 11) is 2.13. The summed E-state index contributed by atoms with van der Waals surface area (Å²) in [5.74, 6) is 0.956. The SMILES string of the molecule is BCC(C)(C)Oc1ccc(C)cc1. The van der Waals surface area contributed by atoms with Crippen LogP contribution in [0.15, 0.2) is 24.3 Å². The van der Waals surface area contributed by atoms with Crippen LogP contribution in [0.5, 0.6) is 5.75 Å². The molecule has 0 heterocycles. The zero-order valence-corrected chi connectivity index (χ0v) is 8.92. The maximum atomic E-state index is 5.81. The number of benzene rings is 1. The number of hydrogen-bond donors (Lipinski definition) is 0. The molecule has 1 aromatic rings. The van der Waals surface area contributed by atoms with Crippen LogP contribution in [0, 0.1) is 6.92 Å². The Bertz CT molecular complexity index is 264. The van der Waals surface area contributed by atoms with E-state index in [4.69, 9.17) is 4.74 Å². The van der Waals surface area contributed by atoms with Gasteiger partial charge in [-0.3, -0.25) is 0 Å². The number of aryl methyl sites for hydroxylation is 1. The minimum Gasteiger partial charge on any atom is -0.489 e. The summed E-state index contributed by atoms with van der Waals surface area (Å²) >= 11 is 0. The Morgan fingerprint density at radius 2 is 1.77 bits per heavy atom. The predicted octanol–water partition coefficient (Wildman–Crippen LogP) is 2.20. The fourth-order valence-corrected chi connectivity index (χ4v) is 0.998. The largest absolute Gasteiger partial charge is 0.489 e. The lowest BCUT2D eigenvalue weighted by molar-refractivity contribution is 0.131. The molecule has 0 aliphatic carbocycles. The number of ether oxygens (including phenoxy) is 1. The summed E-state index contributed by atoms with van der Waals surface area (Å²) in [4.78, 5) is 0. The fraction of sp³-hybridized carbons (Fsp3) is 0.455. The van der Waals surface area contributed by atoms with Crippen LogP contribution in [0.3, 0.4) is 0 Å². The molecule has 0 radical (unpaired) electrons. The standard InChI is InChI=1S/C11H17BO/c1-9-4-6-10(7-5-9)13-11(2,3)8-12/h4-7H,8,12H2,1-3H3. The van der Waals surface area contributed by atoms with Gasteiger partial charge in [0.05, 0.1) is 5.60 Å². The van der Waals surface area contributed by atoms with Gasteiger partial charge in [0.2, 0.25) is 0 Å². The van der Waals surface area contributed by atoms with E-state index in [2.05, 4.69) is 40.8 Å². The Balaban J connectivity index is 2.69. The highest BCUT2D eigenvalue weighted by molar-refractivity contribution is 6.09. The molecule has 1 aromatic carbocycles. The van der Waals surface area contributed by atoms with Crippen LogP contribution in [0.2, 0.25) is 6.32 Å². The zero-order valence-electron chi connectivity index (χ0n) is 8.92. The van der Waals surface area contributed by atoms with Crippen LogP contribution in [0.4, 0.5) is 0 Å². The Morgan fingerprint density at radius 3 is 2.23 bits per heavy atom. The van der Waals surface area contributed by atoms with Gasteiger partial charge in [0.25, 0.3) is 0 Å². The van der Waals surface area contributed by atoms with Gasteiger partial charge in [-0.15, -0.1) is 0 Å². The van der Waals surface area contributed by atoms with E-state index < -0.39 is 0 Å². The minimum absolute atomic E-state index is 0.0603. The molecule has 0 saturated carbocycles. The van der Waals surface area contributed by atoms with Gasteiger partial charge in [-0.05, 0) is 39.2 Å². The molecular formula is C11H17BO. The van der Waals surface area contributed by atoms with Gasteiger partial charge in [0.15, 0.2) is 0 Å². The average molecular weight is 176 g/mol. The molecule has 0 fully saturated rings. The summed E-state index contributed by atoms with van der Waals surface area (Å²) in [5, 5.41) is 0. The summed E-state index contributed by atoms with van der Waals surface area (Å²) in [6.07, 6.45) is 1.01. The van der Waals surface area contributed by atoms with E-state index in [1.165, 1.54) is 5.56 Å². The first kappa shape index (κ1) is 10.2. The Morgan fingerprint density at radius 1 is 1.23 bits per heavy atom. The molecule has 0 aliphatic heterocycles. The number of hydrogen-bond acceptors (Lipinski definition) is 1. The number of rotatable bonds is 3. The molecule has 1 rings (SSSR count). The lowest BCUT2D eigenvalue weighted by Crippen LogP contribution is -2.27. The van der Waals surface area contributed by atoms with Crippen LogP contribution in [-0.4, -0.2) is 13.4 Å². The van der Waals surface area contributed by atoms with E-state index >= 15 is 0 Å². The maximum Gasteiger partial charge on any atom is 0.120 e. The normalized spacial score (nSPS) is 11.3. The molecule has 0 saturated heterocycles. The molecule has 0 unspecified atom stereocenters. The van der Waals surface area contributed by atoms with Crippen LogP contribution in [0.1, 0.15) is 19.4 Å². The highest BCUT2D eigenvalue weighted by Gasteiger charge is 2.15. The van der Waals surface area contributed by atoms with Crippen molar-refractivity contribution in [3.05, 3.63) is 29.8 Å². The third-order valence-corrected chi connectivity index (χ3v) is 2.27. The summed E-state index contributed by atoms with van der Waals surface area (Å²) in [6.45, 7) is 6.29. The molecule has 0 amide bonds. The van der Waals surface area contributed by atoms with E-state index in [0.717, 1.165) is 12.1 Å². The monoisotopic (exact) mass is 176 g/mol. The van der Waals surface area contributed by atoms with Crippen molar-refractivity contribution in [2.45, 2.75) is 32.7 Å². The maximum absolute atomic E-state index is 5.81. The van der Waals surface area contributed by atoms with E-state index in [9.17, 15) is 0 Å². The van der Waals surface area contributed by atoms with Gasteiger partial charge in [-0.25, -0.2) is 0 Å². The lowest BCUT2D eigenvalue weighted by atomic mass is 9.90. The molecule has 13 heavy (non-hydrogen) atoms. The fourth-order valence-electron chi connectivity index (χ4n) is 0.998. The predicted molar refractivity (Wildman–Crippen MR) is 59.2 cm³/mol. The van der Waals surface area contributed by atoms with Crippen molar-refractivity contribution in [1.82, 2.24) is 0 Å². The minimum atomic E-state index is -0.0603. The molecule has 0 spiro atoms. The first-order valence-corrected chi connectivity index (χ1v) is 4.79. The highest BCUT2D eigenvalue weighted by Crippen LogP contribution is 2.20. The smallest absolute Gasteiger partial charge is 0.120 e. The summed E-state index contributed by atoms with van der Waals surface area (Å²) in [5.41, 5.74) is 1.21. The highest BCUT2D eigenvalue weighted by atomic mass is 16.5. The van der Waals surface area contributed by atoms with Crippen molar-refractivity contribution in [1.29, 1.82) is 0 Å². The molecule has 1 nitrogen and oxygen atoms in total. The van der Waals surface area contributed by atoms with Gasteiger partial charge in [-0.2, -0.15) is 0 Å². The molecule has 70 valence electrons. The molecule has 0 N–H and O–H groups in total. The Hall–Kier alpha value is -0.915. The second-order valence-corrected chi connectivity index (χ2v) is 4.03. The van der Waals surface area contributed by atoms with Crippen molar-refractivity contribution in [3.8, 4) is 5.75 Å². The van der Waals surface area contributed by atoms with Crippen molar-refractivity contribution < 1.29 is 4.74 Å². The quantitative estimate of drug-likeness (QED) is 0.641. The van der Waals surface area contributed by atoms with Crippen molar-refractivity contribution in [2.24, 2.45) is 0 Å². The van der Waals surface area contributed by atoms with Crippen LogP contribution >= 0.6 is 0 Å². The topological polar surface area (TPSA) is 9.23 Å². The first-order valence-electron chi connectivity index (χ1n) is 4.79. The first-order chi connectivity index (χ1) is 6.03. The molecule has 2 heteroatoms. The molecular weight excluding hydrogens is 159 g/mol. The molecule has 0 bridgehead atoms. The van der Waals surface area contributed by atoms with Gasteiger partial charge < -0.3 is 4.74 Å². The summed E-state index contributed by atoms with van der Waals surface area (Å²) in [6, 6.07) is 8.18. The molecule has 0 atom stereocenters. The van der Waals surface area contributed by atoms with Gasteiger partial charge in [0, 0.05) is 0 Å². The van der Waals surface area contributed by atoms with Gasteiger partial charge in [-0.1, -0.05) is 17.7 Å². The van der Waals surface area contributed by atoms with Crippen molar-refractivity contribution in [2.75, 3.05) is 0 Å². The Kier molecular flexibility index (Phi) is 3.02. The van der Waals surface area contributed by atoms with Gasteiger partial charge >= 0.3 is 0 Å². The van der Waals surface area contributed by atoms with Crippen molar-refractivity contribution >= 4 is 7.85 Å². The third kappa shape index (κ3) is 3.13. The average Bonchev–Trinajstić information content (AvgIpc) is 2.09. The van der Waals surface area contributed by atoms with Crippen LogP contribution < -0.4 is 4.74 Å². The molecule has 0 aromatic heterocycles. The zero-order chi connectivity index (χ0) is 9.90. The van der Waals surface area contributed by atoms with E-state index in [1.807, 2.05) is 12.1 Å². The van der Waals surface area contributed by atoms with Crippen LogP contribution in [-0.2, 0) is 0 Å². The van der Waals surface area contributed by atoms with Crippen LogP contribution in [0.25, 0.3) is 0 Å². The van der Waals surface area contributed by atoms with E-state index in [-0.39, 0.29) is 5.60 Å². The van der Waals surface area contributed by atoms with E-state index in [1.54, 1.807) is 0 Å². The second kappa shape index (κ2) is 3.86. The van der Waals surface area contributed by atoms with Gasteiger partial charge in [0.1, 0.15) is 13.6 Å². The molecule has 0 aliphatic rings. The third-order valence-electron chi connectivity index (χ3n) is 2.27. The summed E-state index contributed by atoms with van der Waals surface area (Å²) < 4.78 is 5.81.